The first-order valence-electron chi connectivity index (χ1n) is 10.1. The van der Waals surface area contributed by atoms with Crippen LogP contribution in [0.3, 0.4) is 0 Å². The van der Waals surface area contributed by atoms with Gasteiger partial charge in [0.1, 0.15) is 18.2 Å². The van der Waals surface area contributed by atoms with Crippen LogP contribution in [-0.4, -0.2) is 51.8 Å². The Kier molecular flexibility index (Phi) is 5.88. The normalized spacial score (nSPS) is 15.6. The molecule has 4 rings (SSSR count). The lowest BCUT2D eigenvalue weighted by atomic mass is 10.2. The lowest BCUT2D eigenvalue weighted by Crippen LogP contribution is -2.38. The fourth-order valence-electron chi connectivity index (χ4n) is 3.63. The van der Waals surface area contributed by atoms with Gasteiger partial charge in [-0.05, 0) is 30.2 Å². The highest BCUT2D eigenvalue weighted by Gasteiger charge is 2.28. The predicted molar refractivity (Wildman–Crippen MR) is 117 cm³/mol. The third-order valence-corrected chi connectivity index (χ3v) is 5.49. The van der Waals surface area contributed by atoms with Gasteiger partial charge in [0.15, 0.2) is 0 Å². The molecule has 8 heteroatoms. The monoisotopic (exact) mass is 420 g/mol. The molecule has 1 aliphatic rings. The van der Waals surface area contributed by atoms with E-state index in [0.717, 1.165) is 24.3 Å². The summed E-state index contributed by atoms with van der Waals surface area (Å²) in [5, 5.41) is 9.15. The standard InChI is InChI=1S/C23H24N4O4/c1-25(23(29)30)19-9-11-26(15-19)21-8-7-18(14-24-21)27-12-10-20(13-22(27)28)31-16-17-5-3-2-4-6-17/h2-8,10,12-14,19H,9,11,15-16H2,1H3,(H,29,30)/t19-/m0/s1. The van der Waals surface area contributed by atoms with Crippen molar-refractivity contribution in [2.75, 3.05) is 25.0 Å². The molecule has 0 unspecified atom stereocenters. The Morgan fingerprint density at radius 3 is 2.71 bits per heavy atom. The van der Waals surface area contributed by atoms with Gasteiger partial charge < -0.3 is 19.6 Å². The Balaban J connectivity index is 1.42. The molecule has 0 aliphatic carbocycles. The van der Waals surface area contributed by atoms with Crippen LogP contribution in [0.4, 0.5) is 10.6 Å². The molecule has 8 nitrogen and oxygen atoms in total. The van der Waals surface area contributed by atoms with Gasteiger partial charge in [-0.2, -0.15) is 0 Å². The van der Waals surface area contributed by atoms with E-state index in [4.69, 9.17) is 9.84 Å². The molecule has 0 bridgehead atoms. The van der Waals surface area contributed by atoms with E-state index < -0.39 is 6.09 Å². The Hall–Kier alpha value is -3.81. The Morgan fingerprint density at radius 2 is 2.03 bits per heavy atom. The zero-order valence-corrected chi connectivity index (χ0v) is 17.2. The van der Waals surface area contributed by atoms with Crippen LogP contribution in [0.15, 0.2) is 71.8 Å². The SMILES string of the molecule is CN(C(=O)O)[C@H]1CCN(c2ccc(-n3ccc(OCc4ccccc4)cc3=O)cn2)C1. The van der Waals surface area contributed by atoms with Crippen LogP contribution in [-0.2, 0) is 6.61 Å². The summed E-state index contributed by atoms with van der Waals surface area (Å²) in [5.74, 6) is 1.28. The zero-order valence-electron chi connectivity index (χ0n) is 17.2. The maximum Gasteiger partial charge on any atom is 0.407 e. The van der Waals surface area contributed by atoms with Crippen LogP contribution < -0.4 is 15.2 Å². The second kappa shape index (κ2) is 8.91. The molecule has 160 valence electrons. The number of carboxylic acid groups (broad SMARTS) is 1. The molecule has 0 radical (unpaired) electrons. The first kappa shape index (κ1) is 20.5. The van der Waals surface area contributed by atoms with Gasteiger partial charge in [0.25, 0.3) is 5.56 Å². The van der Waals surface area contributed by atoms with Crippen molar-refractivity contribution >= 4 is 11.9 Å². The number of benzene rings is 1. The molecule has 1 amide bonds. The highest BCUT2D eigenvalue weighted by Crippen LogP contribution is 2.22. The summed E-state index contributed by atoms with van der Waals surface area (Å²) in [5.41, 5.74) is 1.48. The van der Waals surface area contributed by atoms with Gasteiger partial charge in [-0.15, -0.1) is 0 Å². The van der Waals surface area contributed by atoms with Crippen molar-refractivity contribution in [3.05, 3.63) is 82.9 Å². The van der Waals surface area contributed by atoms with Crippen LogP contribution in [0.2, 0.25) is 0 Å². The van der Waals surface area contributed by atoms with E-state index in [9.17, 15) is 9.59 Å². The summed E-state index contributed by atoms with van der Waals surface area (Å²) in [4.78, 5) is 31.6. The minimum absolute atomic E-state index is 0.0509. The second-order valence-electron chi connectivity index (χ2n) is 7.50. The van der Waals surface area contributed by atoms with Gasteiger partial charge >= 0.3 is 6.09 Å². The fraction of sp³-hybridized carbons (Fsp3) is 0.261. The number of rotatable bonds is 6. The molecule has 31 heavy (non-hydrogen) atoms. The van der Waals surface area contributed by atoms with Crippen molar-refractivity contribution in [1.82, 2.24) is 14.5 Å². The van der Waals surface area contributed by atoms with Gasteiger partial charge in [-0.1, -0.05) is 30.3 Å². The molecular formula is C23H24N4O4. The van der Waals surface area contributed by atoms with Crippen molar-refractivity contribution in [3.63, 3.8) is 0 Å². The minimum Gasteiger partial charge on any atom is -0.489 e. The van der Waals surface area contributed by atoms with E-state index in [1.54, 1.807) is 25.5 Å². The van der Waals surface area contributed by atoms with Crippen LogP contribution in [0.1, 0.15) is 12.0 Å². The number of ether oxygens (including phenoxy) is 1. The summed E-state index contributed by atoms with van der Waals surface area (Å²) < 4.78 is 7.23. The third kappa shape index (κ3) is 4.69. The van der Waals surface area contributed by atoms with E-state index in [2.05, 4.69) is 9.88 Å². The predicted octanol–water partition coefficient (Wildman–Crippen LogP) is 3.00. The molecule has 1 atom stereocenters. The molecule has 1 saturated heterocycles. The number of aromatic nitrogens is 2. The number of amides is 1. The van der Waals surface area contributed by atoms with Gasteiger partial charge in [-0.3, -0.25) is 9.36 Å². The molecule has 0 spiro atoms. The highest BCUT2D eigenvalue weighted by molar-refractivity contribution is 5.65. The quantitative estimate of drug-likeness (QED) is 0.660. The first-order chi connectivity index (χ1) is 15.0. The summed E-state index contributed by atoms with van der Waals surface area (Å²) >= 11 is 0. The number of hydrogen-bond acceptors (Lipinski definition) is 5. The number of likely N-dealkylation sites (N-methyl/N-ethyl adjacent to an activating group) is 1. The molecule has 2 aromatic heterocycles. The number of pyridine rings is 2. The second-order valence-corrected chi connectivity index (χ2v) is 7.50. The molecule has 1 N–H and O–H groups in total. The first-order valence-corrected chi connectivity index (χ1v) is 10.1. The minimum atomic E-state index is -0.925. The largest absolute Gasteiger partial charge is 0.489 e. The van der Waals surface area contributed by atoms with Crippen LogP contribution in [0.25, 0.3) is 5.69 Å². The molecule has 1 aliphatic heterocycles. The van der Waals surface area contributed by atoms with Crippen molar-refractivity contribution in [3.8, 4) is 11.4 Å². The van der Waals surface area contributed by atoms with Crippen LogP contribution in [0, 0.1) is 0 Å². The molecule has 3 aromatic rings. The highest BCUT2D eigenvalue weighted by atomic mass is 16.5. The molecule has 1 aromatic carbocycles. The van der Waals surface area contributed by atoms with Crippen molar-refractivity contribution in [1.29, 1.82) is 0 Å². The van der Waals surface area contributed by atoms with E-state index in [-0.39, 0.29) is 11.6 Å². The number of carbonyl (C=O) groups is 1. The van der Waals surface area contributed by atoms with E-state index in [1.807, 2.05) is 42.5 Å². The maximum atomic E-state index is 12.6. The molecule has 0 saturated carbocycles. The molecule has 3 heterocycles. The molecular weight excluding hydrogens is 396 g/mol. The van der Waals surface area contributed by atoms with Gasteiger partial charge in [0, 0.05) is 32.4 Å². The fourth-order valence-corrected chi connectivity index (χ4v) is 3.63. The molecule has 1 fully saturated rings. The average Bonchev–Trinajstić information content (AvgIpc) is 3.28. The summed E-state index contributed by atoms with van der Waals surface area (Å²) in [6, 6.07) is 16.6. The van der Waals surface area contributed by atoms with Crippen molar-refractivity contribution < 1.29 is 14.6 Å². The Labute approximate surface area is 179 Å². The summed E-state index contributed by atoms with van der Waals surface area (Å²) in [6.07, 6.45) is 3.16. The van der Waals surface area contributed by atoms with Crippen LogP contribution >= 0.6 is 0 Å². The zero-order chi connectivity index (χ0) is 21.8. The maximum absolute atomic E-state index is 12.6. The Bertz CT molecular complexity index is 1100. The van der Waals surface area contributed by atoms with Crippen molar-refractivity contribution in [2.24, 2.45) is 0 Å². The number of nitrogens with zero attached hydrogens (tertiary/aromatic N) is 4. The van der Waals surface area contributed by atoms with Crippen LogP contribution in [0.5, 0.6) is 5.75 Å². The lowest BCUT2D eigenvalue weighted by molar-refractivity contribution is 0.142. The Morgan fingerprint density at radius 1 is 1.23 bits per heavy atom. The summed E-state index contributed by atoms with van der Waals surface area (Å²) in [7, 11) is 1.59. The van der Waals surface area contributed by atoms with Crippen molar-refractivity contribution in [2.45, 2.75) is 19.1 Å². The number of hydrogen-bond donors (Lipinski definition) is 1. The van der Waals surface area contributed by atoms with Gasteiger partial charge in [-0.25, -0.2) is 9.78 Å². The number of anilines is 1. The topological polar surface area (TPSA) is 87.9 Å². The third-order valence-electron chi connectivity index (χ3n) is 5.49. The van der Waals surface area contributed by atoms with Gasteiger partial charge in [0.2, 0.25) is 0 Å². The lowest BCUT2D eigenvalue weighted by Gasteiger charge is -2.22. The van der Waals surface area contributed by atoms with E-state index >= 15 is 0 Å². The van der Waals surface area contributed by atoms with E-state index in [1.165, 1.54) is 15.5 Å². The van der Waals surface area contributed by atoms with E-state index in [0.29, 0.717) is 24.6 Å². The van der Waals surface area contributed by atoms with Gasteiger partial charge in [0.05, 0.1) is 17.9 Å². The smallest absolute Gasteiger partial charge is 0.407 e. The average molecular weight is 420 g/mol. The summed E-state index contributed by atoms with van der Waals surface area (Å²) in [6.45, 7) is 1.74.